The van der Waals surface area contributed by atoms with E-state index in [4.69, 9.17) is 5.73 Å². The van der Waals surface area contributed by atoms with Crippen LogP contribution >= 0.6 is 0 Å². The highest BCUT2D eigenvalue weighted by Gasteiger charge is 2.11. The Morgan fingerprint density at radius 1 is 1.24 bits per heavy atom. The van der Waals surface area contributed by atoms with Crippen LogP contribution < -0.4 is 11.1 Å². The molecule has 0 fully saturated rings. The molecule has 6 nitrogen and oxygen atoms in total. The number of rotatable bonds is 6. The van der Waals surface area contributed by atoms with Gasteiger partial charge in [0.15, 0.2) is 0 Å². The third-order valence-electron chi connectivity index (χ3n) is 3.27. The molecule has 1 aromatic carbocycles. The second-order valence-corrected chi connectivity index (χ2v) is 5.34. The highest BCUT2D eigenvalue weighted by molar-refractivity contribution is 5.92. The first-order valence-electron chi connectivity index (χ1n) is 6.85. The van der Waals surface area contributed by atoms with Crippen LogP contribution in [0.5, 0.6) is 0 Å². The molecule has 21 heavy (non-hydrogen) atoms. The average Bonchev–Trinajstić information content (AvgIpc) is 2.41. The fourth-order valence-electron chi connectivity index (χ4n) is 1.75. The Morgan fingerprint density at radius 3 is 2.52 bits per heavy atom. The molecule has 0 aliphatic carbocycles. The number of carbonyl (C=O) groups is 2. The van der Waals surface area contributed by atoms with E-state index >= 15 is 0 Å². The zero-order valence-corrected chi connectivity index (χ0v) is 13.1. The number of nitrogen functional groups attached to an aromatic ring is 1. The van der Waals surface area contributed by atoms with Crippen molar-refractivity contribution in [3.05, 3.63) is 23.8 Å². The van der Waals surface area contributed by atoms with Crippen molar-refractivity contribution in [3.63, 3.8) is 0 Å². The number of benzene rings is 1. The molecule has 0 heterocycles. The van der Waals surface area contributed by atoms with E-state index in [1.165, 1.54) is 4.90 Å². The van der Waals surface area contributed by atoms with Gasteiger partial charge in [-0.3, -0.25) is 14.5 Å². The summed E-state index contributed by atoms with van der Waals surface area (Å²) in [5, 5.41) is 2.84. The van der Waals surface area contributed by atoms with E-state index < -0.39 is 0 Å². The Morgan fingerprint density at radius 2 is 1.90 bits per heavy atom. The molecular weight excluding hydrogens is 268 g/mol. The molecule has 0 saturated carbocycles. The highest BCUT2D eigenvalue weighted by Crippen LogP contribution is 2.20. The van der Waals surface area contributed by atoms with Crippen LogP contribution in [0.15, 0.2) is 18.2 Å². The van der Waals surface area contributed by atoms with Gasteiger partial charge in [-0.25, -0.2) is 0 Å². The molecule has 0 unspecified atom stereocenters. The summed E-state index contributed by atoms with van der Waals surface area (Å²) in [6, 6.07) is 5.42. The van der Waals surface area contributed by atoms with E-state index in [0.717, 1.165) is 11.3 Å². The molecule has 116 valence electrons. The van der Waals surface area contributed by atoms with Crippen molar-refractivity contribution in [2.24, 2.45) is 0 Å². The number of nitrogens with one attached hydrogen (secondary N) is 1. The standard InChI is InChI=1S/C15H24N4O2/c1-11-12(16)6-5-7-13(11)17-14(20)8-9-19(4)10-15(21)18(2)3/h5-7H,8-10,16H2,1-4H3,(H,17,20). The maximum atomic E-state index is 11.9. The Labute approximate surface area is 125 Å². The zero-order chi connectivity index (χ0) is 16.0. The predicted octanol–water partition coefficient (Wildman–Crippen LogP) is 0.926. The van der Waals surface area contributed by atoms with Crippen LogP contribution in [0.4, 0.5) is 11.4 Å². The molecule has 0 aliphatic rings. The minimum absolute atomic E-state index is 0.0181. The van der Waals surface area contributed by atoms with Crippen molar-refractivity contribution in [1.82, 2.24) is 9.80 Å². The van der Waals surface area contributed by atoms with Gasteiger partial charge in [0.05, 0.1) is 6.54 Å². The first-order chi connectivity index (χ1) is 9.81. The number of nitrogens with zero attached hydrogens (tertiary/aromatic N) is 2. The van der Waals surface area contributed by atoms with Crippen LogP contribution in [0.3, 0.4) is 0 Å². The topological polar surface area (TPSA) is 78.7 Å². The van der Waals surface area contributed by atoms with Crippen molar-refractivity contribution >= 4 is 23.2 Å². The number of anilines is 2. The lowest BCUT2D eigenvalue weighted by Crippen LogP contribution is -2.35. The SMILES string of the molecule is Cc1c(N)cccc1NC(=O)CCN(C)CC(=O)N(C)C. The maximum absolute atomic E-state index is 11.9. The summed E-state index contributed by atoms with van der Waals surface area (Å²) < 4.78 is 0. The van der Waals surface area contributed by atoms with Crippen LogP contribution in [0.2, 0.25) is 0 Å². The van der Waals surface area contributed by atoms with Crippen molar-refractivity contribution in [2.45, 2.75) is 13.3 Å². The fraction of sp³-hybridized carbons (Fsp3) is 0.467. The first kappa shape index (κ1) is 17.0. The zero-order valence-electron chi connectivity index (χ0n) is 13.1. The van der Waals surface area contributed by atoms with Crippen LogP contribution in [-0.2, 0) is 9.59 Å². The second-order valence-electron chi connectivity index (χ2n) is 5.34. The third kappa shape index (κ3) is 5.43. The molecule has 0 bridgehead atoms. The normalized spacial score (nSPS) is 10.5. The van der Waals surface area contributed by atoms with E-state index in [0.29, 0.717) is 25.2 Å². The lowest BCUT2D eigenvalue weighted by molar-refractivity contribution is -0.130. The molecule has 6 heteroatoms. The Kier molecular flexibility index (Phi) is 6.17. The van der Waals surface area contributed by atoms with E-state index in [2.05, 4.69) is 5.32 Å². The Hall–Kier alpha value is -2.08. The highest BCUT2D eigenvalue weighted by atomic mass is 16.2. The summed E-state index contributed by atoms with van der Waals surface area (Å²) in [5.74, 6) is -0.0718. The molecular formula is C15H24N4O2. The van der Waals surface area contributed by atoms with Gasteiger partial charge in [0.25, 0.3) is 0 Å². The number of nitrogens with two attached hydrogens (primary N) is 1. The summed E-state index contributed by atoms with van der Waals surface area (Å²) in [6.45, 7) is 2.69. The fourth-order valence-corrected chi connectivity index (χ4v) is 1.75. The molecule has 0 saturated heterocycles. The van der Waals surface area contributed by atoms with E-state index in [1.54, 1.807) is 26.2 Å². The van der Waals surface area contributed by atoms with Crippen molar-refractivity contribution in [2.75, 3.05) is 45.3 Å². The van der Waals surface area contributed by atoms with Crippen LogP contribution in [0.25, 0.3) is 0 Å². The monoisotopic (exact) mass is 292 g/mol. The van der Waals surface area contributed by atoms with Gasteiger partial charge in [-0.1, -0.05) is 6.07 Å². The number of amides is 2. The smallest absolute Gasteiger partial charge is 0.236 e. The van der Waals surface area contributed by atoms with Gasteiger partial charge in [0.1, 0.15) is 0 Å². The molecule has 1 aromatic rings. The second kappa shape index (κ2) is 7.64. The van der Waals surface area contributed by atoms with E-state index in [1.807, 2.05) is 24.9 Å². The molecule has 0 atom stereocenters. The van der Waals surface area contributed by atoms with Gasteiger partial charge >= 0.3 is 0 Å². The minimum atomic E-state index is -0.0900. The van der Waals surface area contributed by atoms with Crippen molar-refractivity contribution in [3.8, 4) is 0 Å². The predicted molar refractivity (Wildman–Crippen MR) is 85.0 cm³/mol. The van der Waals surface area contributed by atoms with E-state index in [-0.39, 0.29) is 11.8 Å². The summed E-state index contributed by atoms with van der Waals surface area (Å²) in [6.07, 6.45) is 0.325. The van der Waals surface area contributed by atoms with Crippen LogP contribution in [0, 0.1) is 6.92 Å². The van der Waals surface area contributed by atoms with E-state index in [9.17, 15) is 9.59 Å². The van der Waals surface area contributed by atoms with Gasteiger partial charge in [0, 0.05) is 38.4 Å². The number of carbonyl (C=O) groups excluding carboxylic acids is 2. The first-order valence-corrected chi connectivity index (χ1v) is 6.85. The lowest BCUT2D eigenvalue weighted by atomic mass is 10.1. The van der Waals surface area contributed by atoms with Gasteiger partial charge in [-0.05, 0) is 31.7 Å². The van der Waals surface area contributed by atoms with Gasteiger partial charge in [0.2, 0.25) is 11.8 Å². The van der Waals surface area contributed by atoms with Gasteiger partial charge in [-0.15, -0.1) is 0 Å². The van der Waals surface area contributed by atoms with Crippen molar-refractivity contribution < 1.29 is 9.59 Å². The molecule has 0 spiro atoms. The van der Waals surface area contributed by atoms with Crippen LogP contribution in [0.1, 0.15) is 12.0 Å². The maximum Gasteiger partial charge on any atom is 0.236 e. The largest absolute Gasteiger partial charge is 0.398 e. The quantitative estimate of drug-likeness (QED) is 0.764. The van der Waals surface area contributed by atoms with Gasteiger partial charge < -0.3 is 16.0 Å². The summed E-state index contributed by atoms with van der Waals surface area (Å²) in [7, 11) is 5.25. The molecule has 0 aliphatic heterocycles. The molecule has 3 N–H and O–H groups in total. The van der Waals surface area contributed by atoms with Gasteiger partial charge in [-0.2, -0.15) is 0 Å². The average molecular weight is 292 g/mol. The third-order valence-corrected chi connectivity index (χ3v) is 3.27. The molecule has 1 rings (SSSR count). The molecule has 0 radical (unpaired) electrons. The Bertz CT molecular complexity index is 514. The lowest BCUT2D eigenvalue weighted by Gasteiger charge is -2.18. The number of hydrogen-bond acceptors (Lipinski definition) is 4. The summed E-state index contributed by atoms with van der Waals surface area (Å²) >= 11 is 0. The summed E-state index contributed by atoms with van der Waals surface area (Å²) in [5.41, 5.74) is 8.05. The van der Waals surface area contributed by atoms with Crippen LogP contribution in [-0.4, -0.2) is 55.8 Å². The number of hydrogen-bond donors (Lipinski definition) is 2. The summed E-state index contributed by atoms with van der Waals surface area (Å²) in [4.78, 5) is 26.8. The molecule has 0 aromatic heterocycles. The molecule has 2 amide bonds. The Balaban J connectivity index is 2.44. The van der Waals surface area contributed by atoms with Crippen molar-refractivity contribution in [1.29, 1.82) is 0 Å². The minimum Gasteiger partial charge on any atom is -0.398 e. The number of likely N-dealkylation sites (N-methyl/N-ethyl adjacent to an activating group) is 2.